The molecule has 0 aliphatic heterocycles. The van der Waals surface area contributed by atoms with Crippen LogP contribution in [0.2, 0.25) is 0 Å². The van der Waals surface area contributed by atoms with Crippen molar-refractivity contribution < 1.29 is 9.53 Å². The standard InChI is InChI=1S/C18H19IN2O2/c1-13(2)12-23-17-6-4-3-5-16(17)20-11-18(22)21-15-9-7-14(19)8-10-15/h3-10,20H,1,11-12H2,2H3,(H,21,22). The van der Waals surface area contributed by atoms with E-state index in [4.69, 9.17) is 4.74 Å². The molecule has 0 saturated carbocycles. The third kappa shape index (κ3) is 5.94. The average Bonchev–Trinajstić information content (AvgIpc) is 2.54. The summed E-state index contributed by atoms with van der Waals surface area (Å²) >= 11 is 2.23. The first-order valence-electron chi connectivity index (χ1n) is 7.20. The maximum atomic E-state index is 12.0. The minimum absolute atomic E-state index is 0.110. The highest BCUT2D eigenvalue weighted by Crippen LogP contribution is 2.23. The second kappa shape index (κ2) is 8.57. The predicted molar refractivity (Wildman–Crippen MR) is 103 cm³/mol. The molecule has 0 aliphatic carbocycles. The Labute approximate surface area is 150 Å². The van der Waals surface area contributed by atoms with E-state index in [1.165, 1.54) is 0 Å². The van der Waals surface area contributed by atoms with Crippen molar-refractivity contribution in [3.8, 4) is 5.75 Å². The van der Waals surface area contributed by atoms with Crippen LogP contribution >= 0.6 is 22.6 Å². The van der Waals surface area contributed by atoms with E-state index < -0.39 is 0 Å². The Morgan fingerprint density at radius 1 is 1.17 bits per heavy atom. The molecule has 0 heterocycles. The van der Waals surface area contributed by atoms with Crippen LogP contribution in [0, 0.1) is 3.57 Å². The van der Waals surface area contributed by atoms with Crippen LogP contribution in [0.15, 0.2) is 60.7 Å². The molecule has 5 heteroatoms. The van der Waals surface area contributed by atoms with Gasteiger partial charge < -0.3 is 15.4 Å². The van der Waals surface area contributed by atoms with Crippen molar-refractivity contribution in [2.24, 2.45) is 0 Å². The molecular formula is C18H19IN2O2. The Bertz CT molecular complexity index is 684. The Kier molecular flexibility index (Phi) is 6.46. The molecule has 120 valence electrons. The fourth-order valence-electron chi connectivity index (χ4n) is 1.85. The van der Waals surface area contributed by atoms with E-state index in [0.717, 1.165) is 20.5 Å². The number of ether oxygens (including phenoxy) is 1. The van der Waals surface area contributed by atoms with E-state index in [2.05, 4.69) is 39.8 Å². The van der Waals surface area contributed by atoms with Crippen LogP contribution < -0.4 is 15.4 Å². The monoisotopic (exact) mass is 422 g/mol. The van der Waals surface area contributed by atoms with Crippen molar-refractivity contribution in [3.05, 3.63) is 64.3 Å². The zero-order chi connectivity index (χ0) is 16.7. The summed E-state index contributed by atoms with van der Waals surface area (Å²) in [5.74, 6) is 0.596. The normalized spacial score (nSPS) is 10.0. The fraction of sp³-hybridized carbons (Fsp3) is 0.167. The first-order valence-corrected chi connectivity index (χ1v) is 8.28. The van der Waals surface area contributed by atoms with Crippen molar-refractivity contribution in [2.45, 2.75) is 6.92 Å². The molecular weight excluding hydrogens is 403 g/mol. The molecule has 0 fully saturated rings. The summed E-state index contributed by atoms with van der Waals surface area (Å²) < 4.78 is 6.79. The number of anilines is 2. The minimum atomic E-state index is -0.110. The molecule has 1 amide bonds. The molecule has 0 aliphatic rings. The number of rotatable bonds is 7. The van der Waals surface area contributed by atoms with Gasteiger partial charge in [-0.05, 0) is 71.5 Å². The van der Waals surface area contributed by atoms with Crippen LogP contribution in [-0.4, -0.2) is 19.1 Å². The zero-order valence-corrected chi connectivity index (χ0v) is 15.1. The van der Waals surface area contributed by atoms with E-state index >= 15 is 0 Å². The lowest BCUT2D eigenvalue weighted by atomic mass is 10.3. The number of hydrogen-bond acceptors (Lipinski definition) is 3. The maximum Gasteiger partial charge on any atom is 0.243 e. The van der Waals surface area contributed by atoms with Gasteiger partial charge in [-0.25, -0.2) is 0 Å². The zero-order valence-electron chi connectivity index (χ0n) is 12.9. The van der Waals surface area contributed by atoms with Gasteiger partial charge in [0.25, 0.3) is 0 Å². The van der Waals surface area contributed by atoms with Gasteiger partial charge in [0.2, 0.25) is 5.91 Å². The highest BCUT2D eigenvalue weighted by atomic mass is 127. The van der Waals surface area contributed by atoms with Crippen LogP contribution in [0.25, 0.3) is 0 Å². The molecule has 0 saturated heterocycles. The SMILES string of the molecule is C=C(C)COc1ccccc1NCC(=O)Nc1ccc(I)cc1. The summed E-state index contributed by atoms with van der Waals surface area (Å²) in [5.41, 5.74) is 2.51. The number of hydrogen-bond donors (Lipinski definition) is 2. The average molecular weight is 422 g/mol. The number of para-hydroxylation sites is 2. The first-order chi connectivity index (χ1) is 11.0. The van der Waals surface area contributed by atoms with Crippen molar-refractivity contribution in [3.63, 3.8) is 0 Å². The Hall–Kier alpha value is -2.02. The number of halogens is 1. The largest absolute Gasteiger partial charge is 0.487 e. The Morgan fingerprint density at radius 2 is 1.87 bits per heavy atom. The van der Waals surface area contributed by atoms with E-state index in [9.17, 15) is 4.79 Å². The Morgan fingerprint density at radius 3 is 2.57 bits per heavy atom. The number of nitrogens with one attached hydrogen (secondary N) is 2. The van der Waals surface area contributed by atoms with Crippen LogP contribution in [0.5, 0.6) is 5.75 Å². The quantitative estimate of drug-likeness (QED) is 0.517. The lowest BCUT2D eigenvalue weighted by Gasteiger charge is -2.13. The number of carbonyl (C=O) groups excluding carboxylic acids is 1. The molecule has 2 N–H and O–H groups in total. The first kappa shape index (κ1) is 17.3. The van der Waals surface area contributed by atoms with Gasteiger partial charge in [0.15, 0.2) is 0 Å². The van der Waals surface area contributed by atoms with Crippen molar-refractivity contribution in [1.29, 1.82) is 0 Å². The summed E-state index contributed by atoms with van der Waals surface area (Å²) in [7, 11) is 0. The molecule has 0 unspecified atom stereocenters. The van der Waals surface area contributed by atoms with Gasteiger partial charge in [-0.2, -0.15) is 0 Å². The molecule has 0 radical (unpaired) electrons. The third-order valence-electron chi connectivity index (χ3n) is 2.93. The Balaban J connectivity index is 1.91. The van der Waals surface area contributed by atoms with Crippen LogP contribution in [0.4, 0.5) is 11.4 Å². The molecule has 2 aromatic rings. The smallest absolute Gasteiger partial charge is 0.243 e. The predicted octanol–water partition coefficient (Wildman–Crippen LogP) is 4.30. The summed E-state index contributed by atoms with van der Waals surface area (Å²) in [6, 6.07) is 15.2. The molecule has 4 nitrogen and oxygen atoms in total. The molecule has 0 bridgehead atoms. The molecule has 0 aromatic heterocycles. The van der Waals surface area contributed by atoms with Gasteiger partial charge in [0.05, 0.1) is 12.2 Å². The van der Waals surface area contributed by atoms with E-state index in [0.29, 0.717) is 12.4 Å². The molecule has 0 atom stereocenters. The van der Waals surface area contributed by atoms with Gasteiger partial charge >= 0.3 is 0 Å². The second-order valence-corrected chi connectivity index (χ2v) is 6.40. The van der Waals surface area contributed by atoms with Crippen LogP contribution in [0.3, 0.4) is 0 Å². The van der Waals surface area contributed by atoms with Gasteiger partial charge in [0, 0.05) is 9.26 Å². The number of carbonyl (C=O) groups is 1. The highest BCUT2D eigenvalue weighted by Gasteiger charge is 2.06. The van der Waals surface area contributed by atoms with Gasteiger partial charge in [-0.1, -0.05) is 18.7 Å². The number of benzene rings is 2. The molecule has 2 aromatic carbocycles. The summed E-state index contributed by atoms with van der Waals surface area (Å²) in [5, 5.41) is 5.95. The van der Waals surface area contributed by atoms with Gasteiger partial charge in [0.1, 0.15) is 12.4 Å². The lowest BCUT2D eigenvalue weighted by molar-refractivity contribution is -0.114. The second-order valence-electron chi connectivity index (χ2n) is 5.15. The van der Waals surface area contributed by atoms with E-state index in [-0.39, 0.29) is 12.5 Å². The molecule has 0 spiro atoms. The lowest BCUT2D eigenvalue weighted by Crippen LogP contribution is -2.22. The maximum absolute atomic E-state index is 12.0. The van der Waals surface area contributed by atoms with Crippen molar-refractivity contribution >= 4 is 39.9 Å². The van der Waals surface area contributed by atoms with E-state index in [1.54, 1.807) is 0 Å². The minimum Gasteiger partial charge on any atom is -0.487 e. The fourth-order valence-corrected chi connectivity index (χ4v) is 2.21. The highest BCUT2D eigenvalue weighted by molar-refractivity contribution is 14.1. The van der Waals surface area contributed by atoms with Crippen molar-refractivity contribution in [2.75, 3.05) is 23.8 Å². The van der Waals surface area contributed by atoms with Crippen molar-refractivity contribution in [1.82, 2.24) is 0 Å². The van der Waals surface area contributed by atoms with Gasteiger partial charge in [-0.15, -0.1) is 0 Å². The topological polar surface area (TPSA) is 50.4 Å². The summed E-state index contributed by atoms with van der Waals surface area (Å²) in [6.45, 7) is 6.34. The number of amides is 1. The summed E-state index contributed by atoms with van der Waals surface area (Å²) in [6.07, 6.45) is 0. The third-order valence-corrected chi connectivity index (χ3v) is 3.65. The molecule has 2 rings (SSSR count). The summed E-state index contributed by atoms with van der Waals surface area (Å²) in [4.78, 5) is 12.0. The van der Waals surface area contributed by atoms with Gasteiger partial charge in [-0.3, -0.25) is 4.79 Å². The van der Waals surface area contributed by atoms with E-state index in [1.807, 2.05) is 55.5 Å². The molecule has 23 heavy (non-hydrogen) atoms. The van der Waals surface area contributed by atoms with Crippen LogP contribution in [-0.2, 0) is 4.79 Å². The van der Waals surface area contributed by atoms with Crippen LogP contribution in [0.1, 0.15) is 6.92 Å².